The van der Waals surface area contributed by atoms with Crippen LogP contribution < -0.4 is 5.32 Å². The van der Waals surface area contributed by atoms with Crippen LogP contribution in [0.3, 0.4) is 0 Å². The lowest BCUT2D eigenvalue weighted by molar-refractivity contribution is 0.636. The van der Waals surface area contributed by atoms with Crippen LogP contribution in [0, 0.1) is 12.8 Å². The van der Waals surface area contributed by atoms with Gasteiger partial charge < -0.3 is 5.32 Å². The minimum Gasteiger partial charge on any atom is -0.312 e. The van der Waals surface area contributed by atoms with Crippen LogP contribution >= 0.6 is 11.3 Å². The average molecular weight is 275 g/mol. The molecule has 2 heteroatoms. The molecule has 0 bridgehead atoms. The van der Waals surface area contributed by atoms with E-state index in [-0.39, 0.29) is 0 Å². The quantitative estimate of drug-likeness (QED) is 0.739. The van der Waals surface area contributed by atoms with Gasteiger partial charge in [-0.15, -0.1) is 11.3 Å². The third-order valence-electron chi connectivity index (χ3n) is 3.42. The fraction of sp³-hybridized carbons (Fsp3) is 0.529. The number of fused-ring (bicyclic) bond motifs is 1. The van der Waals surface area contributed by atoms with Gasteiger partial charge in [0.25, 0.3) is 0 Å². The molecule has 0 aliphatic heterocycles. The summed E-state index contributed by atoms with van der Waals surface area (Å²) in [6, 6.07) is 6.71. The third kappa shape index (κ3) is 3.37. The SMILES string of the molecule is CCCNCc1sc2c(C)cccc2c1CC(C)C. The monoisotopic (exact) mass is 275 g/mol. The highest BCUT2D eigenvalue weighted by molar-refractivity contribution is 7.19. The topological polar surface area (TPSA) is 12.0 Å². The van der Waals surface area contributed by atoms with E-state index in [1.807, 2.05) is 11.3 Å². The van der Waals surface area contributed by atoms with Gasteiger partial charge in [0.15, 0.2) is 0 Å². The Morgan fingerprint density at radius 1 is 1.26 bits per heavy atom. The summed E-state index contributed by atoms with van der Waals surface area (Å²) >= 11 is 1.98. The molecule has 2 rings (SSSR count). The van der Waals surface area contributed by atoms with Crippen LogP contribution in [0.25, 0.3) is 10.1 Å². The maximum Gasteiger partial charge on any atom is 0.0378 e. The van der Waals surface area contributed by atoms with Gasteiger partial charge in [-0.25, -0.2) is 0 Å². The number of benzene rings is 1. The molecule has 1 heterocycles. The van der Waals surface area contributed by atoms with E-state index in [0.717, 1.165) is 13.1 Å². The highest BCUT2D eigenvalue weighted by atomic mass is 32.1. The Kier molecular flexibility index (Phi) is 5.00. The fourth-order valence-corrected chi connectivity index (χ4v) is 3.78. The molecule has 0 saturated heterocycles. The Labute approximate surface area is 121 Å². The van der Waals surface area contributed by atoms with Crippen LogP contribution in [0.15, 0.2) is 18.2 Å². The van der Waals surface area contributed by atoms with Gasteiger partial charge in [0.1, 0.15) is 0 Å². The highest BCUT2D eigenvalue weighted by Crippen LogP contribution is 2.35. The first-order valence-corrected chi connectivity index (χ1v) is 8.15. The Balaban J connectivity index is 2.39. The number of hydrogen-bond acceptors (Lipinski definition) is 2. The maximum atomic E-state index is 3.56. The molecule has 0 fully saturated rings. The van der Waals surface area contributed by atoms with Crippen LogP contribution in [0.2, 0.25) is 0 Å². The predicted octanol–water partition coefficient (Wildman–Crippen LogP) is 4.91. The first-order valence-electron chi connectivity index (χ1n) is 7.34. The van der Waals surface area contributed by atoms with E-state index < -0.39 is 0 Å². The molecule has 1 nitrogen and oxygen atoms in total. The van der Waals surface area contributed by atoms with Crippen molar-refractivity contribution in [3.05, 3.63) is 34.2 Å². The molecule has 2 aromatic rings. The summed E-state index contributed by atoms with van der Waals surface area (Å²) in [6.07, 6.45) is 2.38. The zero-order valence-electron chi connectivity index (χ0n) is 12.5. The summed E-state index contributed by atoms with van der Waals surface area (Å²) in [5, 5.41) is 5.03. The lowest BCUT2D eigenvalue weighted by atomic mass is 9.99. The molecule has 0 spiro atoms. The van der Waals surface area contributed by atoms with Crippen molar-refractivity contribution in [2.45, 2.75) is 47.1 Å². The van der Waals surface area contributed by atoms with E-state index in [9.17, 15) is 0 Å². The van der Waals surface area contributed by atoms with Crippen LogP contribution in [0.5, 0.6) is 0 Å². The first-order chi connectivity index (χ1) is 9.13. The minimum absolute atomic E-state index is 0.711. The zero-order chi connectivity index (χ0) is 13.8. The van der Waals surface area contributed by atoms with Gasteiger partial charge in [-0.2, -0.15) is 0 Å². The predicted molar refractivity (Wildman–Crippen MR) is 87.1 cm³/mol. The van der Waals surface area contributed by atoms with Crippen LogP contribution in [-0.2, 0) is 13.0 Å². The van der Waals surface area contributed by atoms with Crippen molar-refractivity contribution in [1.82, 2.24) is 5.32 Å². The zero-order valence-corrected chi connectivity index (χ0v) is 13.4. The molecule has 104 valence electrons. The van der Waals surface area contributed by atoms with Crippen molar-refractivity contribution in [2.75, 3.05) is 6.54 Å². The summed E-state index contributed by atoms with van der Waals surface area (Å²) in [4.78, 5) is 1.53. The number of nitrogens with one attached hydrogen (secondary N) is 1. The van der Waals surface area contributed by atoms with Crippen molar-refractivity contribution in [3.8, 4) is 0 Å². The van der Waals surface area contributed by atoms with E-state index in [1.165, 1.54) is 33.4 Å². The molecule has 0 atom stereocenters. The fourth-order valence-electron chi connectivity index (χ4n) is 2.51. The Bertz CT molecular complexity index is 539. The minimum atomic E-state index is 0.711. The summed E-state index contributed by atoms with van der Waals surface area (Å²) in [5.74, 6) is 0.711. The molecule has 0 radical (unpaired) electrons. The number of hydrogen-bond donors (Lipinski definition) is 1. The molecule has 0 saturated carbocycles. The van der Waals surface area contributed by atoms with Crippen molar-refractivity contribution in [1.29, 1.82) is 0 Å². The molecule has 1 aromatic heterocycles. The van der Waals surface area contributed by atoms with E-state index in [4.69, 9.17) is 0 Å². The highest BCUT2D eigenvalue weighted by Gasteiger charge is 2.14. The van der Waals surface area contributed by atoms with Crippen LogP contribution in [0.4, 0.5) is 0 Å². The normalized spacial score (nSPS) is 11.6. The summed E-state index contributed by atoms with van der Waals surface area (Å²) in [5.41, 5.74) is 2.98. The molecule has 1 aromatic carbocycles. The van der Waals surface area contributed by atoms with Gasteiger partial charge in [0.05, 0.1) is 0 Å². The second-order valence-electron chi connectivity index (χ2n) is 5.73. The van der Waals surface area contributed by atoms with Crippen molar-refractivity contribution >= 4 is 21.4 Å². The van der Waals surface area contributed by atoms with E-state index in [1.54, 1.807) is 5.56 Å². The van der Waals surface area contributed by atoms with Crippen molar-refractivity contribution < 1.29 is 0 Å². The van der Waals surface area contributed by atoms with E-state index in [2.05, 4.69) is 51.2 Å². The maximum absolute atomic E-state index is 3.56. The van der Waals surface area contributed by atoms with Gasteiger partial charge in [-0.1, -0.05) is 39.0 Å². The number of rotatable bonds is 6. The molecular weight excluding hydrogens is 250 g/mol. The molecule has 19 heavy (non-hydrogen) atoms. The number of aryl methyl sites for hydroxylation is 1. The second kappa shape index (κ2) is 6.53. The lowest BCUT2D eigenvalue weighted by Crippen LogP contribution is -2.14. The smallest absolute Gasteiger partial charge is 0.0378 e. The Hall–Kier alpha value is -0.860. The Morgan fingerprint density at radius 3 is 2.74 bits per heavy atom. The van der Waals surface area contributed by atoms with Crippen LogP contribution in [-0.4, -0.2) is 6.54 Å². The molecule has 0 aliphatic carbocycles. The van der Waals surface area contributed by atoms with Crippen LogP contribution in [0.1, 0.15) is 43.2 Å². The van der Waals surface area contributed by atoms with Gasteiger partial charge in [-0.05, 0) is 48.7 Å². The summed E-state index contributed by atoms with van der Waals surface area (Å²) in [7, 11) is 0. The molecular formula is C17H25NS. The first kappa shape index (κ1) is 14.5. The third-order valence-corrected chi connectivity index (χ3v) is 4.81. The Morgan fingerprint density at radius 2 is 2.05 bits per heavy atom. The van der Waals surface area contributed by atoms with Crippen molar-refractivity contribution in [3.63, 3.8) is 0 Å². The molecule has 0 aliphatic rings. The van der Waals surface area contributed by atoms with Crippen molar-refractivity contribution in [2.24, 2.45) is 5.92 Å². The summed E-state index contributed by atoms with van der Waals surface area (Å²) in [6.45, 7) is 11.2. The average Bonchev–Trinajstić information content (AvgIpc) is 2.69. The van der Waals surface area contributed by atoms with Gasteiger partial charge in [-0.3, -0.25) is 0 Å². The molecule has 0 amide bonds. The largest absolute Gasteiger partial charge is 0.312 e. The lowest BCUT2D eigenvalue weighted by Gasteiger charge is -2.08. The van der Waals surface area contributed by atoms with Gasteiger partial charge >= 0.3 is 0 Å². The van der Waals surface area contributed by atoms with Gasteiger partial charge in [0.2, 0.25) is 0 Å². The standard InChI is InChI=1S/C17H25NS/c1-5-9-18-11-16-15(10-12(2)3)14-8-6-7-13(4)17(14)19-16/h6-8,12,18H,5,9-11H2,1-4H3. The van der Waals surface area contributed by atoms with E-state index >= 15 is 0 Å². The molecule has 0 unspecified atom stereocenters. The molecule has 1 N–H and O–H groups in total. The second-order valence-corrected chi connectivity index (χ2v) is 6.84. The number of thiophene rings is 1. The van der Waals surface area contributed by atoms with E-state index in [0.29, 0.717) is 5.92 Å². The summed E-state index contributed by atoms with van der Waals surface area (Å²) < 4.78 is 1.48. The van der Waals surface area contributed by atoms with Gasteiger partial charge in [0, 0.05) is 16.1 Å².